The van der Waals surface area contributed by atoms with E-state index in [9.17, 15) is 0 Å². The molecule has 1 aliphatic rings. The van der Waals surface area contributed by atoms with Crippen molar-refractivity contribution in [2.45, 2.75) is 0 Å². The van der Waals surface area contributed by atoms with Gasteiger partial charge in [-0.25, -0.2) is 0 Å². The van der Waals surface area contributed by atoms with E-state index < -0.39 is 0 Å². The molecule has 0 aromatic carbocycles. The zero-order valence-electron chi connectivity index (χ0n) is 5.97. The molecule has 0 atom stereocenters. The number of hydrogen-bond acceptors (Lipinski definition) is 3. The minimum Gasteiger partial charge on any atom is -0.480 e. The minimum absolute atomic E-state index is 0.380. The van der Waals surface area contributed by atoms with Gasteiger partial charge in [-0.2, -0.15) is 4.53 Å². The molecular weight excluding hydrogens is 187 g/mol. The lowest BCUT2D eigenvalue weighted by Crippen LogP contribution is -2.29. The number of hydrogen-bond donors (Lipinski definition) is 1. The average Bonchev–Trinajstić information content (AvgIpc) is 2.04. The van der Waals surface area contributed by atoms with Crippen molar-refractivity contribution in [3.05, 3.63) is 23.7 Å². The first-order valence-electron chi connectivity index (χ1n) is 3.01. The first-order chi connectivity index (χ1) is 5.29. The summed E-state index contributed by atoms with van der Waals surface area (Å²) in [4.78, 5) is 0. The molecule has 0 saturated heterocycles. The van der Waals surface area contributed by atoms with Crippen molar-refractivity contribution >= 4 is 23.4 Å². The molecule has 0 bridgehead atoms. The third-order valence-corrected chi connectivity index (χ3v) is 1.80. The Morgan fingerprint density at radius 3 is 2.91 bits per heavy atom. The number of nitrogens with zero attached hydrogens (tertiary/aromatic N) is 1. The molecule has 3 nitrogen and oxygen atoms in total. The summed E-state index contributed by atoms with van der Waals surface area (Å²) in [6.45, 7) is 0. The highest BCUT2D eigenvalue weighted by molar-refractivity contribution is 6.20. The van der Waals surface area contributed by atoms with Crippen LogP contribution >= 0.6 is 23.4 Å². The van der Waals surface area contributed by atoms with Crippen LogP contribution in [0.3, 0.4) is 0 Å². The Hall–Kier alpha value is -0.540. The average molecular weight is 195 g/mol. The Morgan fingerprint density at radius 2 is 2.45 bits per heavy atom. The molecule has 1 N–H and O–H groups in total. The van der Waals surface area contributed by atoms with E-state index in [1.54, 1.807) is 6.20 Å². The van der Waals surface area contributed by atoms with Gasteiger partial charge in [0.2, 0.25) is 5.88 Å². The van der Waals surface area contributed by atoms with Crippen molar-refractivity contribution in [1.29, 1.82) is 0 Å². The van der Waals surface area contributed by atoms with E-state index in [0.29, 0.717) is 11.8 Å². The fourth-order valence-corrected chi connectivity index (χ4v) is 1.21. The van der Waals surface area contributed by atoms with Crippen LogP contribution in [0.4, 0.5) is 0 Å². The number of alkyl halides is 1. The molecule has 62 valence electrons. The van der Waals surface area contributed by atoms with Crippen LogP contribution < -0.4 is 5.43 Å². The highest BCUT2D eigenvalue weighted by atomic mass is 35.5. The summed E-state index contributed by atoms with van der Waals surface area (Å²) in [5.41, 5.74) is 3.57. The molecule has 11 heavy (non-hydrogen) atoms. The number of hydrazine groups is 1. The second-order valence-corrected chi connectivity index (χ2v) is 2.52. The summed E-state index contributed by atoms with van der Waals surface area (Å²) >= 11 is 11.3. The predicted molar refractivity (Wildman–Crippen MR) is 44.7 cm³/mol. The van der Waals surface area contributed by atoms with Crippen molar-refractivity contribution in [2.24, 2.45) is 0 Å². The maximum absolute atomic E-state index is 5.69. The van der Waals surface area contributed by atoms with Gasteiger partial charge in [0, 0.05) is 23.5 Å². The zero-order chi connectivity index (χ0) is 8.27. The van der Waals surface area contributed by atoms with Crippen LogP contribution in [0.1, 0.15) is 0 Å². The maximum Gasteiger partial charge on any atom is 0.228 e. The lowest BCUT2D eigenvalue weighted by Gasteiger charge is -2.22. The predicted octanol–water partition coefficient (Wildman–Crippen LogP) is 1.57. The smallest absolute Gasteiger partial charge is 0.228 e. The molecule has 0 radical (unpaired) electrons. The van der Waals surface area contributed by atoms with E-state index in [1.165, 1.54) is 11.6 Å². The van der Waals surface area contributed by atoms with Gasteiger partial charge in [-0.15, -0.1) is 11.6 Å². The molecule has 0 fully saturated rings. The Kier molecular flexibility index (Phi) is 2.91. The van der Waals surface area contributed by atoms with Gasteiger partial charge in [-0.3, -0.25) is 5.43 Å². The fourth-order valence-electron chi connectivity index (χ4n) is 0.772. The summed E-state index contributed by atoms with van der Waals surface area (Å²) < 4.78 is 6.23. The van der Waals surface area contributed by atoms with Gasteiger partial charge < -0.3 is 4.74 Å². The Balaban J connectivity index is 2.86. The van der Waals surface area contributed by atoms with Gasteiger partial charge in [-0.1, -0.05) is 0 Å². The molecule has 0 aliphatic carbocycles. The van der Waals surface area contributed by atoms with Gasteiger partial charge in [0.1, 0.15) is 0 Å². The molecule has 1 aliphatic heterocycles. The van der Waals surface area contributed by atoms with Crippen LogP contribution in [0.25, 0.3) is 0 Å². The van der Waals surface area contributed by atoms with E-state index in [0.717, 1.165) is 5.57 Å². The van der Waals surface area contributed by atoms with Crippen molar-refractivity contribution in [2.75, 3.05) is 13.0 Å². The summed E-state index contributed by atoms with van der Waals surface area (Å²) in [5, 5.41) is 0. The SMILES string of the molecule is COC1=C(CCl)C=CNN1Cl. The highest BCUT2D eigenvalue weighted by Crippen LogP contribution is 2.17. The number of nitrogens with one attached hydrogen (secondary N) is 1. The van der Waals surface area contributed by atoms with Crippen molar-refractivity contribution in [3.8, 4) is 0 Å². The van der Waals surface area contributed by atoms with Crippen molar-refractivity contribution in [3.63, 3.8) is 0 Å². The van der Waals surface area contributed by atoms with Gasteiger partial charge >= 0.3 is 0 Å². The summed E-state index contributed by atoms with van der Waals surface area (Å²) in [5.74, 6) is 0.911. The Labute approximate surface area is 75.3 Å². The van der Waals surface area contributed by atoms with E-state index in [-0.39, 0.29) is 0 Å². The van der Waals surface area contributed by atoms with Crippen molar-refractivity contribution in [1.82, 2.24) is 9.95 Å². The van der Waals surface area contributed by atoms with Gasteiger partial charge in [0.25, 0.3) is 0 Å². The monoisotopic (exact) mass is 194 g/mol. The Bertz CT molecular complexity index is 203. The number of allylic oxidation sites excluding steroid dienone is 2. The third kappa shape index (κ3) is 1.73. The topological polar surface area (TPSA) is 24.5 Å². The number of ether oxygens (including phenoxy) is 1. The molecular formula is C6H8Cl2N2O. The van der Waals surface area contributed by atoms with Crippen LogP contribution in [0.5, 0.6) is 0 Å². The standard InChI is InChI=1S/C6H8Cl2N2O/c1-11-6-5(4-7)2-3-9-10(6)8/h2-3,9H,4H2,1H3. The summed E-state index contributed by atoms with van der Waals surface area (Å²) in [6.07, 6.45) is 3.50. The van der Waals surface area contributed by atoms with E-state index >= 15 is 0 Å². The maximum atomic E-state index is 5.69. The molecule has 1 rings (SSSR count). The number of methoxy groups -OCH3 is 1. The van der Waals surface area contributed by atoms with E-state index in [2.05, 4.69) is 5.43 Å². The van der Waals surface area contributed by atoms with Gasteiger partial charge in [-0.05, 0) is 6.08 Å². The lowest BCUT2D eigenvalue weighted by atomic mass is 10.3. The summed E-state index contributed by atoms with van der Waals surface area (Å²) in [7, 11) is 1.54. The highest BCUT2D eigenvalue weighted by Gasteiger charge is 2.13. The third-order valence-electron chi connectivity index (χ3n) is 1.26. The quantitative estimate of drug-likeness (QED) is 0.534. The van der Waals surface area contributed by atoms with E-state index in [4.69, 9.17) is 28.1 Å². The molecule has 0 saturated carbocycles. The molecule has 0 amide bonds. The fraction of sp³-hybridized carbons (Fsp3) is 0.333. The van der Waals surface area contributed by atoms with Crippen molar-refractivity contribution < 1.29 is 4.74 Å². The molecule has 0 spiro atoms. The first kappa shape index (κ1) is 8.56. The van der Waals surface area contributed by atoms with Crippen LogP contribution in [0, 0.1) is 0 Å². The normalized spacial score (nSPS) is 16.8. The van der Waals surface area contributed by atoms with Crippen LogP contribution in [0.2, 0.25) is 0 Å². The number of rotatable bonds is 2. The molecule has 5 heteroatoms. The molecule has 0 unspecified atom stereocenters. The summed E-state index contributed by atoms with van der Waals surface area (Å²) in [6, 6.07) is 0. The molecule has 0 aromatic heterocycles. The lowest BCUT2D eigenvalue weighted by molar-refractivity contribution is 0.188. The van der Waals surface area contributed by atoms with Crippen LogP contribution in [-0.2, 0) is 4.74 Å². The zero-order valence-corrected chi connectivity index (χ0v) is 7.49. The van der Waals surface area contributed by atoms with Gasteiger partial charge in [0.05, 0.1) is 13.0 Å². The molecule has 0 aromatic rings. The largest absolute Gasteiger partial charge is 0.480 e. The first-order valence-corrected chi connectivity index (χ1v) is 3.88. The number of halogens is 2. The second-order valence-electron chi connectivity index (χ2n) is 1.91. The van der Waals surface area contributed by atoms with Crippen LogP contribution in [-0.4, -0.2) is 17.5 Å². The Morgan fingerprint density at radius 1 is 1.73 bits per heavy atom. The van der Waals surface area contributed by atoms with Crippen LogP contribution in [0.15, 0.2) is 23.7 Å². The molecule has 1 heterocycles. The van der Waals surface area contributed by atoms with Gasteiger partial charge in [0.15, 0.2) is 0 Å². The minimum atomic E-state index is 0.380. The second kappa shape index (κ2) is 3.74. The van der Waals surface area contributed by atoms with E-state index in [1.807, 2.05) is 6.08 Å².